The van der Waals surface area contributed by atoms with Crippen LogP contribution in [0.5, 0.6) is 0 Å². The van der Waals surface area contributed by atoms with Crippen molar-refractivity contribution in [3.05, 3.63) is 29.0 Å². The molecule has 1 saturated heterocycles. The Kier molecular flexibility index (Phi) is 4.77. The van der Waals surface area contributed by atoms with Crippen LogP contribution < -0.4 is 0 Å². The predicted molar refractivity (Wildman–Crippen MR) is 69.2 cm³/mol. The van der Waals surface area contributed by atoms with Crippen LogP contribution in [-0.2, 0) is 11.3 Å². The van der Waals surface area contributed by atoms with Gasteiger partial charge < -0.3 is 4.74 Å². The molecule has 0 spiro atoms. The second-order valence-corrected chi connectivity index (χ2v) is 4.83. The van der Waals surface area contributed by atoms with Crippen molar-refractivity contribution >= 4 is 11.6 Å². The summed E-state index contributed by atoms with van der Waals surface area (Å²) >= 11 is 5.77. The number of pyridine rings is 1. The maximum absolute atomic E-state index is 5.77. The SMILES string of the molecule is CCOC1CCCN(Cc2ccc(Cl)nc2)C1. The van der Waals surface area contributed by atoms with Gasteiger partial charge in [0.1, 0.15) is 5.15 Å². The number of ether oxygens (including phenoxy) is 1. The maximum atomic E-state index is 5.77. The van der Waals surface area contributed by atoms with Crippen LogP contribution in [0.2, 0.25) is 5.15 Å². The second-order valence-electron chi connectivity index (χ2n) is 4.44. The van der Waals surface area contributed by atoms with Crippen molar-refractivity contribution in [2.24, 2.45) is 0 Å². The van der Waals surface area contributed by atoms with Gasteiger partial charge in [-0.1, -0.05) is 17.7 Å². The molecule has 1 atom stereocenters. The first-order chi connectivity index (χ1) is 8.28. The molecule has 94 valence electrons. The molecular formula is C13H19ClN2O. The monoisotopic (exact) mass is 254 g/mol. The Morgan fingerprint density at radius 2 is 2.41 bits per heavy atom. The number of likely N-dealkylation sites (tertiary alicyclic amines) is 1. The fourth-order valence-electron chi connectivity index (χ4n) is 2.29. The number of hydrogen-bond acceptors (Lipinski definition) is 3. The summed E-state index contributed by atoms with van der Waals surface area (Å²) in [5.41, 5.74) is 1.21. The molecule has 0 amide bonds. The van der Waals surface area contributed by atoms with Crippen LogP contribution in [0.3, 0.4) is 0 Å². The van der Waals surface area contributed by atoms with E-state index in [0.717, 1.165) is 26.2 Å². The predicted octanol–water partition coefficient (Wildman–Crippen LogP) is 2.74. The third-order valence-corrected chi connectivity index (χ3v) is 3.28. The highest BCUT2D eigenvalue weighted by molar-refractivity contribution is 6.29. The molecule has 1 aromatic rings. The average molecular weight is 255 g/mol. The van der Waals surface area contributed by atoms with Gasteiger partial charge in [-0.25, -0.2) is 4.98 Å². The second kappa shape index (κ2) is 6.34. The van der Waals surface area contributed by atoms with Crippen LogP contribution in [0.15, 0.2) is 18.3 Å². The highest BCUT2D eigenvalue weighted by Crippen LogP contribution is 2.16. The highest BCUT2D eigenvalue weighted by atomic mass is 35.5. The van der Waals surface area contributed by atoms with Gasteiger partial charge in [0, 0.05) is 25.9 Å². The summed E-state index contributed by atoms with van der Waals surface area (Å²) in [5.74, 6) is 0. The summed E-state index contributed by atoms with van der Waals surface area (Å²) in [6.45, 7) is 5.97. The largest absolute Gasteiger partial charge is 0.377 e. The molecule has 1 unspecified atom stereocenters. The van der Waals surface area contributed by atoms with Crippen molar-refractivity contribution in [2.75, 3.05) is 19.7 Å². The topological polar surface area (TPSA) is 25.4 Å². The molecule has 4 heteroatoms. The maximum Gasteiger partial charge on any atom is 0.129 e. The minimum atomic E-state index is 0.397. The minimum Gasteiger partial charge on any atom is -0.377 e. The standard InChI is InChI=1S/C13H19ClN2O/c1-2-17-12-4-3-7-16(10-12)9-11-5-6-13(14)15-8-11/h5-6,8,12H,2-4,7,9-10H2,1H3. The molecule has 1 fully saturated rings. The zero-order valence-corrected chi connectivity index (χ0v) is 11.0. The molecular weight excluding hydrogens is 236 g/mol. The molecule has 17 heavy (non-hydrogen) atoms. The van der Waals surface area contributed by atoms with E-state index in [0.29, 0.717) is 11.3 Å². The third-order valence-electron chi connectivity index (χ3n) is 3.06. The minimum absolute atomic E-state index is 0.397. The fraction of sp³-hybridized carbons (Fsp3) is 0.615. The molecule has 1 aliphatic heterocycles. The lowest BCUT2D eigenvalue weighted by atomic mass is 10.1. The molecule has 2 heterocycles. The summed E-state index contributed by atoms with van der Waals surface area (Å²) < 4.78 is 5.69. The molecule has 0 aliphatic carbocycles. The van der Waals surface area contributed by atoms with Crippen LogP contribution in [0, 0.1) is 0 Å². The van der Waals surface area contributed by atoms with Crippen molar-refractivity contribution < 1.29 is 4.74 Å². The Hall–Kier alpha value is -0.640. The summed E-state index contributed by atoms with van der Waals surface area (Å²) in [7, 11) is 0. The third kappa shape index (κ3) is 3.95. The first-order valence-electron chi connectivity index (χ1n) is 6.22. The van der Waals surface area contributed by atoms with Crippen molar-refractivity contribution in [1.29, 1.82) is 0 Å². The van der Waals surface area contributed by atoms with Crippen molar-refractivity contribution in [3.63, 3.8) is 0 Å². The van der Waals surface area contributed by atoms with E-state index >= 15 is 0 Å². The van der Waals surface area contributed by atoms with Crippen molar-refractivity contribution in [1.82, 2.24) is 9.88 Å². The van der Waals surface area contributed by atoms with Crippen LogP contribution in [0.1, 0.15) is 25.3 Å². The Morgan fingerprint density at radius 3 is 3.12 bits per heavy atom. The fourth-order valence-corrected chi connectivity index (χ4v) is 2.40. The molecule has 0 N–H and O–H groups in total. The van der Waals surface area contributed by atoms with Gasteiger partial charge in [-0.05, 0) is 37.9 Å². The average Bonchev–Trinajstić information content (AvgIpc) is 2.33. The number of hydrogen-bond donors (Lipinski definition) is 0. The number of aromatic nitrogens is 1. The normalized spacial score (nSPS) is 21.6. The number of piperidine rings is 1. The van der Waals surface area contributed by atoms with E-state index in [1.807, 2.05) is 18.3 Å². The molecule has 0 bridgehead atoms. The lowest BCUT2D eigenvalue weighted by Crippen LogP contribution is -2.39. The first kappa shape index (κ1) is 12.8. The number of nitrogens with zero attached hydrogens (tertiary/aromatic N) is 2. The van der Waals surface area contributed by atoms with Crippen LogP contribution in [0.4, 0.5) is 0 Å². The van der Waals surface area contributed by atoms with E-state index in [1.165, 1.54) is 18.4 Å². The van der Waals surface area contributed by atoms with Gasteiger partial charge in [-0.3, -0.25) is 4.90 Å². The summed E-state index contributed by atoms with van der Waals surface area (Å²) in [5, 5.41) is 0.555. The van der Waals surface area contributed by atoms with Crippen molar-refractivity contribution in [3.8, 4) is 0 Å². The van der Waals surface area contributed by atoms with E-state index in [-0.39, 0.29) is 0 Å². The van der Waals surface area contributed by atoms with Gasteiger partial charge in [-0.15, -0.1) is 0 Å². The Labute approximate surface area is 108 Å². The smallest absolute Gasteiger partial charge is 0.129 e. The van der Waals surface area contributed by atoms with Gasteiger partial charge in [-0.2, -0.15) is 0 Å². The Morgan fingerprint density at radius 1 is 1.53 bits per heavy atom. The highest BCUT2D eigenvalue weighted by Gasteiger charge is 2.19. The van der Waals surface area contributed by atoms with Gasteiger partial charge in [0.25, 0.3) is 0 Å². The molecule has 1 aliphatic rings. The molecule has 0 radical (unpaired) electrons. The summed E-state index contributed by atoms with van der Waals surface area (Å²) in [6, 6.07) is 3.89. The zero-order valence-electron chi connectivity index (χ0n) is 10.2. The van der Waals surface area contributed by atoms with Gasteiger partial charge in [0.2, 0.25) is 0 Å². The van der Waals surface area contributed by atoms with Crippen LogP contribution in [0.25, 0.3) is 0 Å². The van der Waals surface area contributed by atoms with E-state index in [4.69, 9.17) is 16.3 Å². The van der Waals surface area contributed by atoms with Crippen LogP contribution >= 0.6 is 11.6 Å². The van der Waals surface area contributed by atoms with Crippen LogP contribution in [-0.4, -0.2) is 35.7 Å². The molecule has 2 rings (SSSR count). The molecule has 0 aromatic carbocycles. The van der Waals surface area contributed by atoms with Crippen molar-refractivity contribution in [2.45, 2.75) is 32.4 Å². The van der Waals surface area contributed by atoms with E-state index < -0.39 is 0 Å². The van der Waals surface area contributed by atoms with E-state index in [2.05, 4.69) is 16.8 Å². The molecule has 3 nitrogen and oxygen atoms in total. The number of rotatable bonds is 4. The molecule has 1 aromatic heterocycles. The summed E-state index contributed by atoms with van der Waals surface area (Å²) in [6.07, 6.45) is 4.65. The van der Waals surface area contributed by atoms with Gasteiger partial charge >= 0.3 is 0 Å². The van der Waals surface area contributed by atoms with Gasteiger partial charge in [0.15, 0.2) is 0 Å². The lowest BCUT2D eigenvalue weighted by molar-refractivity contribution is 0.00361. The molecule has 0 saturated carbocycles. The first-order valence-corrected chi connectivity index (χ1v) is 6.60. The Balaban J connectivity index is 1.87. The van der Waals surface area contributed by atoms with E-state index in [9.17, 15) is 0 Å². The summed E-state index contributed by atoms with van der Waals surface area (Å²) in [4.78, 5) is 6.53. The zero-order chi connectivity index (χ0) is 12.1. The number of halogens is 1. The quantitative estimate of drug-likeness (QED) is 0.773. The van der Waals surface area contributed by atoms with E-state index in [1.54, 1.807) is 0 Å². The van der Waals surface area contributed by atoms with Gasteiger partial charge in [0.05, 0.1) is 6.10 Å². The lowest BCUT2D eigenvalue weighted by Gasteiger charge is -2.32. The Bertz CT molecular complexity index is 340.